The highest BCUT2D eigenvalue weighted by Crippen LogP contribution is 2.20. The molecular formula is C17H25N3O. The molecule has 0 aliphatic carbocycles. The predicted octanol–water partition coefficient (Wildman–Crippen LogP) is 2.67. The van der Waals surface area contributed by atoms with E-state index in [2.05, 4.69) is 55.7 Å². The minimum Gasteiger partial charge on any atom is -0.355 e. The number of nitrogens with zero attached hydrogens (tertiary/aromatic N) is 1. The number of aromatic nitrogens is 1. The van der Waals surface area contributed by atoms with Gasteiger partial charge in [-0.25, -0.2) is 0 Å². The van der Waals surface area contributed by atoms with Crippen LogP contribution in [0.5, 0.6) is 0 Å². The predicted molar refractivity (Wildman–Crippen MR) is 87.2 cm³/mol. The summed E-state index contributed by atoms with van der Waals surface area (Å²) in [5.74, 6) is 0.0703. The average molecular weight is 287 g/mol. The molecule has 0 saturated carbocycles. The number of hydrogen-bond acceptors (Lipinski definition) is 2. The van der Waals surface area contributed by atoms with E-state index in [0.29, 0.717) is 12.6 Å². The van der Waals surface area contributed by atoms with Crippen LogP contribution in [0.25, 0.3) is 10.9 Å². The molecule has 0 bridgehead atoms. The van der Waals surface area contributed by atoms with E-state index in [1.807, 2.05) is 10.8 Å². The summed E-state index contributed by atoms with van der Waals surface area (Å²) >= 11 is 0. The Morgan fingerprint density at radius 3 is 2.81 bits per heavy atom. The molecule has 1 aromatic heterocycles. The van der Waals surface area contributed by atoms with E-state index < -0.39 is 0 Å². The van der Waals surface area contributed by atoms with Crippen molar-refractivity contribution in [1.29, 1.82) is 0 Å². The molecule has 2 N–H and O–H groups in total. The molecule has 0 fully saturated rings. The van der Waals surface area contributed by atoms with Crippen molar-refractivity contribution in [3.8, 4) is 0 Å². The number of carbonyl (C=O) groups excluding carboxylic acids is 1. The molecule has 0 spiro atoms. The second kappa shape index (κ2) is 7.27. The van der Waals surface area contributed by atoms with Crippen LogP contribution in [0.2, 0.25) is 0 Å². The highest BCUT2D eigenvalue weighted by atomic mass is 16.1. The third-order valence-corrected chi connectivity index (χ3v) is 3.46. The largest absolute Gasteiger partial charge is 0.355 e. The molecule has 2 aromatic rings. The molecule has 0 radical (unpaired) electrons. The smallest absolute Gasteiger partial charge is 0.239 e. The quantitative estimate of drug-likeness (QED) is 0.822. The fourth-order valence-electron chi connectivity index (χ4n) is 2.40. The minimum atomic E-state index is 0.0703. The molecule has 0 atom stereocenters. The molecule has 4 heteroatoms. The molecule has 0 unspecified atom stereocenters. The van der Waals surface area contributed by atoms with Crippen LogP contribution in [0.3, 0.4) is 0 Å². The van der Waals surface area contributed by atoms with Gasteiger partial charge in [0.15, 0.2) is 0 Å². The van der Waals surface area contributed by atoms with Crippen molar-refractivity contribution in [1.82, 2.24) is 15.2 Å². The van der Waals surface area contributed by atoms with Crippen LogP contribution in [-0.4, -0.2) is 23.1 Å². The fraction of sp³-hybridized carbons (Fsp3) is 0.471. The van der Waals surface area contributed by atoms with Crippen LogP contribution in [0, 0.1) is 0 Å². The SMILES string of the molecule is CCCNC(=O)Cn1ccc2cccc(CNC(C)C)c21. The Bertz CT molecular complexity index is 601. The lowest BCUT2D eigenvalue weighted by Crippen LogP contribution is -2.28. The number of para-hydroxylation sites is 1. The van der Waals surface area contributed by atoms with Gasteiger partial charge in [0.1, 0.15) is 6.54 Å². The summed E-state index contributed by atoms with van der Waals surface area (Å²) in [6.45, 7) is 8.26. The van der Waals surface area contributed by atoms with E-state index in [-0.39, 0.29) is 5.91 Å². The van der Waals surface area contributed by atoms with Gasteiger partial charge in [0, 0.05) is 25.3 Å². The van der Waals surface area contributed by atoms with Gasteiger partial charge in [0.2, 0.25) is 5.91 Å². The molecule has 0 saturated heterocycles. The summed E-state index contributed by atoms with van der Waals surface area (Å²) in [5.41, 5.74) is 2.38. The normalized spacial score (nSPS) is 11.2. The van der Waals surface area contributed by atoms with Gasteiger partial charge in [-0.05, 0) is 23.4 Å². The van der Waals surface area contributed by atoms with Crippen molar-refractivity contribution in [2.45, 2.75) is 46.3 Å². The number of fused-ring (bicyclic) bond motifs is 1. The first-order valence-electron chi connectivity index (χ1n) is 7.68. The lowest BCUT2D eigenvalue weighted by Gasteiger charge is -2.12. The Morgan fingerprint density at radius 1 is 1.29 bits per heavy atom. The molecule has 0 aliphatic rings. The molecule has 1 aromatic carbocycles. The summed E-state index contributed by atoms with van der Waals surface area (Å²) in [6, 6.07) is 8.80. The van der Waals surface area contributed by atoms with Gasteiger partial charge >= 0.3 is 0 Å². The Morgan fingerprint density at radius 2 is 2.10 bits per heavy atom. The van der Waals surface area contributed by atoms with Crippen molar-refractivity contribution < 1.29 is 4.79 Å². The number of benzene rings is 1. The second-order valence-corrected chi connectivity index (χ2v) is 5.68. The van der Waals surface area contributed by atoms with Crippen molar-refractivity contribution >= 4 is 16.8 Å². The summed E-state index contributed by atoms with van der Waals surface area (Å²) in [7, 11) is 0. The van der Waals surface area contributed by atoms with Crippen molar-refractivity contribution in [2.24, 2.45) is 0 Å². The number of hydrogen-bond donors (Lipinski definition) is 2. The van der Waals surface area contributed by atoms with Gasteiger partial charge in [-0.2, -0.15) is 0 Å². The van der Waals surface area contributed by atoms with Gasteiger partial charge in [0.25, 0.3) is 0 Å². The van der Waals surface area contributed by atoms with Gasteiger partial charge in [-0.15, -0.1) is 0 Å². The summed E-state index contributed by atoms with van der Waals surface area (Å²) in [4.78, 5) is 11.9. The maximum Gasteiger partial charge on any atom is 0.239 e. The van der Waals surface area contributed by atoms with Crippen LogP contribution in [0.15, 0.2) is 30.5 Å². The standard InChI is InChI=1S/C17H25N3O/c1-4-9-18-16(21)12-20-10-8-14-6-5-7-15(17(14)20)11-19-13(2)3/h5-8,10,13,19H,4,9,11-12H2,1-3H3,(H,18,21). The van der Waals surface area contributed by atoms with Gasteiger partial charge in [0.05, 0.1) is 5.52 Å². The molecule has 21 heavy (non-hydrogen) atoms. The first-order chi connectivity index (χ1) is 10.1. The lowest BCUT2D eigenvalue weighted by molar-refractivity contribution is -0.121. The number of amides is 1. The first-order valence-corrected chi connectivity index (χ1v) is 7.68. The Balaban J connectivity index is 2.21. The van der Waals surface area contributed by atoms with Gasteiger partial charge in [-0.3, -0.25) is 4.79 Å². The van der Waals surface area contributed by atoms with E-state index in [4.69, 9.17) is 0 Å². The molecule has 0 aliphatic heterocycles. The monoisotopic (exact) mass is 287 g/mol. The summed E-state index contributed by atoms with van der Waals surface area (Å²) < 4.78 is 2.04. The Labute approximate surface area is 126 Å². The van der Waals surface area contributed by atoms with E-state index in [0.717, 1.165) is 25.0 Å². The van der Waals surface area contributed by atoms with Crippen molar-refractivity contribution in [3.63, 3.8) is 0 Å². The van der Waals surface area contributed by atoms with E-state index in [9.17, 15) is 4.79 Å². The summed E-state index contributed by atoms with van der Waals surface area (Å²) in [6.07, 6.45) is 2.96. The van der Waals surface area contributed by atoms with Crippen LogP contribution < -0.4 is 10.6 Å². The minimum absolute atomic E-state index is 0.0703. The number of rotatable bonds is 7. The second-order valence-electron chi connectivity index (χ2n) is 5.68. The van der Waals surface area contributed by atoms with Gasteiger partial charge in [-0.1, -0.05) is 39.0 Å². The molecular weight excluding hydrogens is 262 g/mol. The Hall–Kier alpha value is -1.81. The zero-order chi connectivity index (χ0) is 15.2. The topological polar surface area (TPSA) is 46.1 Å². The van der Waals surface area contributed by atoms with E-state index in [1.165, 1.54) is 10.9 Å². The van der Waals surface area contributed by atoms with Gasteiger partial charge < -0.3 is 15.2 Å². The maximum atomic E-state index is 11.9. The highest BCUT2D eigenvalue weighted by molar-refractivity contribution is 5.85. The summed E-state index contributed by atoms with van der Waals surface area (Å²) in [5, 5.41) is 7.56. The average Bonchev–Trinajstić information content (AvgIpc) is 2.86. The lowest BCUT2D eigenvalue weighted by atomic mass is 10.1. The van der Waals surface area contributed by atoms with Crippen LogP contribution in [0.1, 0.15) is 32.8 Å². The highest BCUT2D eigenvalue weighted by Gasteiger charge is 2.09. The molecule has 4 nitrogen and oxygen atoms in total. The fourth-order valence-corrected chi connectivity index (χ4v) is 2.40. The maximum absolute atomic E-state index is 11.9. The zero-order valence-electron chi connectivity index (χ0n) is 13.1. The van der Waals surface area contributed by atoms with Crippen molar-refractivity contribution in [2.75, 3.05) is 6.54 Å². The van der Waals surface area contributed by atoms with Crippen molar-refractivity contribution in [3.05, 3.63) is 36.0 Å². The molecule has 114 valence electrons. The van der Waals surface area contributed by atoms with E-state index in [1.54, 1.807) is 0 Å². The van der Waals surface area contributed by atoms with Crippen LogP contribution >= 0.6 is 0 Å². The third-order valence-electron chi connectivity index (χ3n) is 3.46. The Kier molecular flexibility index (Phi) is 5.39. The molecule has 1 heterocycles. The molecule has 1 amide bonds. The number of nitrogens with one attached hydrogen (secondary N) is 2. The third kappa shape index (κ3) is 4.08. The number of carbonyl (C=O) groups is 1. The molecule has 2 rings (SSSR count). The first kappa shape index (κ1) is 15.6. The van der Waals surface area contributed by atoms with E-state index >= 15 is 0 Å². The zero-order valence-corrected chi connectivity index (χ0v) is 13.1. The van der Waals surface area contributed by atoms with Crippen LogP contribution in [-0.2, 0) is 17.9 Å². The van der Waals surface area contributed by atoms with Crippen LogP contribution in [0.4, 0.5) is 0 Å².